The van der Waals surface area contributed by atoms with Gasteiger partial charge >= 0.3 is 0 Å². The van der Waals surface area contributed by atoms with Crippen LogP contribution in [0, 0.1) is 0 Å². The molecule has 1 unspecified atom stereocenters. The van der Waals surface area contributed by atoms with Gasteiger partial charge in [0, 0.05) is 24.4 Å². The number of thioether (sulfide) groups is 1. The molecule has 0 aliphatic heterocycles. The van der Waals surface area contributed by atoms with Gasteiger partial charge in [0.2, 0.25) is 5.91 Å². The van der Waals surface area contributed by atoms with Gasteiger partial charge in [0.15, 0.2) is 0 Å². The molecule has 21 heavy (non-hydrogen) atoms. The summed E-state index contributed by atoms with van der Waals surface area (Å²) in [5.74, 6) is 0.925. The van der Waals surface area contributed by atoms with Crippen molar-refractivity contribution in [2.45, 2.75) is 30.3 Å². The summed E-state index contributed by atoms with van der Waals surface area (Å²) < 4.78 is 0. The smallest absolute Gasteiger partial charge is 0.220 e. The minimum Gasteiger partial charge on any atom is -0.387 e. The number of rotatable bonds is 9. The van der Waals surface area contributed by atoms with E-state index in [9.17, 15) is 9.90 Å². The van der Waals surface area contributed by atoms with Gasteiger partial charge in [0.1, 0.15) is 0 Å². The molecule has 0 aliphatic rings. The lowest BCUT2D eigenvalue weighted by molar-refractivity contribution is -0.122. The Morgan fingerprint density at radius 3 is 2.62 bits per heavy atom. The Kier molecular flexibility index (Phi) is 7.78. The van der Waals surface area contributed by atoms with E-state index in [1.165, 1.54) is 4.90 Å². The van der Waals surface area contributed by atoms with Crippen molar-refractivity contribution in [3.05, 3.63) is 30.3 Å². The van der Waals surface area contributed by atoms with E-state index >= 15 is 0 Å². The van der Waals surface area contributed by atoms with E-state index in [2.05, 4.69) is 17.4 Å². The Bertz CT molecular complexity index is 422. The minimum atomic E-state index is -0.891. The van der Waals surface area contributed by atoms with Crippen molar-refractivity contribution in [2.75, 3.05) is 32.9 Å². The zero-order chi connectivity index (χ0) is 15.7. The number of carbonyl (C=O) groups excluding carboxylic acids is 1. The van der Waals surface area contributed by atoms with Crippen molar-refractivity contribution in [3.8, 4) is 0 Å². The number of carbonyl (C=O) groups is 1. The van der Waals surface area contributed by atoms with Gasteiger partial charge in [-0.25, -0.2) is 0 Å². The van der Waals surface area contributed by atoms with E-state index in [1.54, 1.807) is 18.7 Å². The van der Waals surface area contributed by atoms with Crippen molar-refractivity contribution in [1.82, 2.24) is 10.2 Å². The van der Waals surface area contributed by atoms with E-state index in [4.69, 9.17) is 0 Å². The summed E-state index contributed by atoms with van der Waals surface area (Å²) in [5.41, 5.74) is -0.891. The Balaban J connectivity index is 2.14. The third-order valence-electron chi connectivity index (χ3n) is 2.88. The lowest BCUT2D eigenvalue weighted by atomic mass is 10.1. The largest absolute Gasteiger partial charge is 0.387 e. The van der Waals surface area contributed by atoms with Crippen molar-refractivity contribution >= 4 is 17.7 Å². The molecular weight excluding hydrogens is 284 g/mol. The predicted molar refractivity (Wildman–Crippen MR) is 88.6 cm³/mol. The molecule has 0 aromatic heterocycles. The minimum absolute atomic E-state index is 0.00249. The predicted octanol–water partition coefficient (Wildman–Crippen LogP) is 1.99. The number of benzene rings is 1. The van der Waals surface area contributed by atoms with Gasteiger partial charge in [-0.05, 0) is 45.3 Å². The average molecular weight is 310 g/mol. The maximum absolute atomic E-state index is 11.7. The summed E-state index contributed by atoms with van der Waals surface area (Å²) in [6.45, 7) is 2.55. The zero-order valence-electron chi connectivity index (χ0n) is 13.1. The molecule has 0 fully saturated rings. The molecule has 1 amide bonds. The van der Waals surface area contributed by atoms with Crippen LogP contribution < -0.4 is 5.32 Å². The fourth-order valence-electron chi connectivity index (χ4n) is 2.05. The number of nitrogens with zero attached hydrogens (tertiary/aromatic N) is 1. The maximum atomic E-state index is 11.7. The number of amides is 1. The molecular formula is C16H26N2O2S. The van der Waals surface area contributed by atoms with Gasteiger partial charge in [-0.3, -0.25) is 4.79 Å². The maximum Gasteiger partial charge on any atom is 0.220 e. The first-order chi connectivity index (χ1) is 9.89. The number of likely N-dealkylation sites (N-methyl/N-ethyl adjacent to an activating group) is 1. The van der Waals surface area contributed by atoms with Crippen LogP contribution in [0.4, 0.5) is 0 Å². The molecule has 5 heteroatoms. The van der Waals surface area contributed by atoms with E-state index < -0.39 is 5.60 Å². The second-order valence-electron chi connectivity index (χ2n) is 5.78. The second kappa shape index (κ2) is 9.07. The molecule has 2 N–H and O–H groups in total. The summed E-state index contributed by atoms with van der Waals surface area (Å²) >= 11 is 1.76. The second-order valence-corrected chi connectivity index (χ2v) is 6.94. The Morgan fingerprint density at radius 2 is 2.00 bits per heavy atom. The van der Waals surface area contributed by atoms with Gasteiger partial charge in [-0.1, -0.05) is 18.2 Å². The number of aliphatic hydroxyl groups is 1. The molecule has 0 saturated heterocycles. The van der Waals surface area contributed by atoms with Gasteiger partial charge in [0.25, 0.3) is 0 Å². The van der Waals surface area contributed by atoms with Gasteiger partial charge < -0.3 is 15.3 Å². The summed E-state index contributed by atoms with van der Waals surface area (Å²) in [7, 11) is 3.80. The molecule has 0 heterocycles. The first-order valence-corrected chi connectivity index (χ1v) is 8.19. The fourth-order valence-corrected chi connectivity index (χ4v) is 2.93. The number of hydrogen-bond donors (Lipinski definition) is 2. The Hall–Kier alpha value is -1.04. The molecule has 0 radical (unpaired) electrons. The monoisotopic (exact) mass is 310 g/mol. The van der Waals surface area contributed by atoms with Crippen molar-refractivity contribution in [2.24, 2.45) is 0 Å². The van der Waals surface area contributed by atoms with E-state index in [0.717, 1.165) is 12.2 Å². The number of nitrogens with one attached hydrogen (secondary N) is 1. The highest BCUT2D eigenvalue weighted by Gasteiger charge is 2.21. The standard InChI is InChI=1S/C16H26N2O2S/c1-16(20,13-18(2)3)12-17-15(19)10-7-11-21-14-8-5-4-6-9-14/h4-6,8-9,20H,7,10-13H2,1-3H3,(H,17,19). The van der Waals surface area contributed by atoms with Crippen LogP contribution in [0.3, 0.4) is 0 Å². The van der Waals surface area contributed by atoms with Crippen LogP contribution in [0.2, 0.25) is 0 Å². The molecule has 0 bridgehead atoms. The summed E-state index contributed by atoms with van der Waals surface area (Å²) in [5, 5.41) is 12.9. The first kappa shape index (κ1) is 18.0. The highest BCUT2D eigenvalue weighted by molar-refractivity contribution is 7.99. The molecule has 1 aromatic carbocycles. The van der Waals surface area contributed by atoms with Gasteiger partial charge in [0.05, 0.1) is 5.60 Å². The fraction of sp³-hybridized carbons (Fsp3) is 0.562. The topological polar surface area (TPSA) is 52.6 Å². The highest BCUT2D eigenvalue weighted by Crippen LogP contribution is 2.18. The third kappa shape index (κ3) is 8.75. The van der Waals surface area contributed by atoms with Crippen LogP contribution in [-0.4, -0.2) is 54.5 Å². The van der Waals surface area contributed by atoms with Gasteiger partial charge in [-0.2, -0.15) is 0 Å². The van der Waals surface area contributed by atoms with Crippen molar-refractivity contribution < 1.29 is 9.90 Å². The quantitative estimate of drug-likeness (QED) is 0.541. The van der Waals surface area contributed by atoms with Crippen LogP contribution in [-0.2, 0) is 4.79 Å². The van der Waals surface area contributed by atoms with E-state index in [0.29, 0.717) is 13.0 Å². The van der Waals surface area contributed by atoms with Crippen LogP contribution in [0.25, 0.3) is 0 Å². The lowest BCUT2D eigenvalue weighted by Crippen LogP contribution is -2.47. The van der Waals surface area contributed by atoms with Crippen molar-refractivity contribution in [3.63, 3.8) is 0 Å². The average Bonchev–Trinajstić information content (AvgIpc) is 2.41. The summed E-state index contributed by atoms with van der Waals surface area (Å²) in [4.78, 5) is 14.9. The highest BCUT2D eigenvalue weighted by atomic mass is 32.2. The summed E-state index contributed by atoms with van der Waals surface area (Å²) in [6, 6.07) is 10.2. The molecule has 4 nitrogen and oxygen atoms in total. The van der Waals surface area contributed by atoms with Gasteiger partial charge in [-0.15, -0.1) is 11.8 Å². The zero-order valence-corrected chi connectivity index (χ0v) is 13.9. The molecule has 0 spiro atoms. The summed E-state index contributed by atoms with van der Waals surface area (Å²) in [6.07, 6.45) is 1.33. The SMILES string of the molecule is CN(C)CC(C)(O)CNC(=O)CCCSc1ccccc1. The van der Waals surface area contributed by atoms with Crippen LogP contribution in [0.5, 0.6) is 0 Å². The van der Waals surface area contributed by atoms with Crippen LogP contribution >= 0.6 is 11.8 Å². The number of hydrogen-bond acceptors (Lipinski definition) is 4. The molecule has 1 rings (SSSR count). The Morgan fingerprint density at radius 1 is 1.33 bits per heavy atom. The Labute approximate surface area is 131 Å². The van der Waals surface area contributed by atoms with Crippen LogP contribution in [0.1, 0.15) is 19.8 Å². The van der Waals surface area contributed by atoms with E-state index in [-0.39, 0.29) is 12.5 Å². The van der Waals surface area contributed by atoms with Crippen LogP contribution in [0.15, 0.2) is 35.2 Å². The lowest BCUT2D eigenvalue weighted by Gasteiger charge is -2.27. The molecule has 1 atom stereocenters. The third-order valence-corrected chi connectivity index (χ3v) is 3.98. The molecule has 0 aliphatic carbocycles. The van der Waals surface area contributed by atoms with E-state index in [1.807, 2.05) is 37.2 Å². The molecule has 1 aromatic rings. The first-order valence-electron chi connectivity index (χ1n) is 7.21. The van der Waals surface area contributed by atoms with Crippen molar-refractivity contribution in [1.29, 1.82) is 0 Å². The normalized spacial score (nSPS) is 14.0. The molecule has 0 saturated carbocycles. The molecule has 118 valence electrons.